The number of aromatic nitrogens is 3. The van der Waals surface area contributed by atoms with Crippen LogP contribution < -0.4 is 10.0 Å². The van der Waals surface area contributed by atoms with Crippen LogP contribution in [0.1, 0.15) is 24.7 Å². The number of benzene rings is 1. The van der Waals surface area contributed by atoms with Crippen molar-refractivity contribution in [3.63, 3.8) is 0 Å². The summed E-state index contributed by atoms with van der Waals surface area (Å²) in [6.07, 6.45) is 1.52. The van der Waals surface area contributed by atoms with Gasteiger partial charge in [0, 0.05) is 30.4 Å². The number of primary sulfonamides is 1. The second kappa shape index (κ2) is 9.59. The third-order valence-corrected chi connectivity index (χ3v) is 8.13. The van der Waals surface area contributed by atoms with Crippen molar-refractivity contribution in [3.05, 3.63) is 47.1 Å². The lowest BCUT2D eigenvalue weighted by Crippen LogP contribution is -2.36. The number of hydrogen-bond donors (Lipinski definition) is 1. The molecule has 0 spiro atoms. The molecule has 0 saturated carbocycles. The normalized spacial score (nSPS) is 15.8. The molecule has 0 radical (unpaired) electrons. The summed E-state index contributed by atoms with van der Waals surface area (Å²) in [7, 11) is -4.04. The Morgan fingerprint density at radius 1 is 1.21 bits per heavy atom. The number of nitrogens with zero attached hydrogens (tertiary/aromatic N) is 4. The minimum atomic E-state index is -4.04. The first-order valence-electron chi connectivity index (χ1n) is 10.3. The van der Waals surface area contributed by atoms with Crippen LogP contribution in [0.15, 0.2) is 30.5 Å². The largest absolute Gasteiger partial charge is 0.378 e. The smallest absolute Gasteiger partial charge is 0.222 e. The number of thiazole rings is 1. The molecule has 3 aromatic rings. The van der Waals surface area contributed by atoms with E-state index < -0.39 is 27.0 Å². The highest BCUT2D eigenvalue weighted by Gasteiger charge is 2.32. The zero-order valence-electron chi connectivity index (χ0n) is 18.0. The van der Waals surface area contributed by atoms with E-state index in [0.29, 0.717) is 47.7 Å². The third-order valence-electron chi connectivity index (χ3n) is 5.31. The van der Waals surface area contributed by atoms with Gasteiger partial charge in [-0.25, -0.2) is 32.9 Å². The van der Waals surface area contributed by atoms with Crippen LogP contribution >= 0.6 is 22.9 Å². The van der Waals surface area contributed by atoms with Gasteiger partial charge in [-0.05, 0) is 29.7 Å². The fraction of sp³-hybridized carbons (Fsp3) is 0.381. The van der Waals surface area contributed by atoms with Crippen LogP contribution in [0.2, 0.25) is 5.28 Å². The van der Waals surface area contributed by atoms with Gasteiger partial charge >= 0.3 is 0 Å². The minimum Gasteiger partial charge on any atom is -0.378 e. The summed E-state index contributed by atoms with van der Waals surface area (Å²) in [5.74, 6) is -1.10. The van der Waals surface area contributed by atoms with Crippen molar-refractivity contribution in [2.75, 3.05) is 31.2 Å². The van der Waals surface area contributed by atoms with E-state index in [0.717, 1.165) is 0 Å². The molecule has 0 aliphatic carbocycles. The Kier molecular flexibility index (Phi) is 6.96. The summed E-state index contributed by atoms with van der Waals surface area (Å²) in [5, 5.41) is 5.01. The maximum Gasteiger partial charge on any atom is 0.222 e. The maximum atomic E-state index is 15.9. The molecule has 2 N–H and O–H groups in total. The third kappa shape index (κ3) is 5.02. The van der Waals surface area contributed by atoms with Crippen molar-refractivity contribution in [1.29, 1.82) is 0 Å². The van der Waals surface area contributed by atoms with Gasteiger partial charge in [0.25, 0.3) is 0 Å². The Morgan fingerprint density at radius 3 is 2.58 bits per heavy atom. The Balaban J connectivity index is 1.90. The number of sulfonamides is 1. The molecule has 0 bridgehead atoms. The Bertz CT molecular complexity index is 1260. The second-order valence-electron chi connectivity index (χ2n) is 7.95. The number of anilines is 1. The van der Waals surface area contributed by atoms with Crippen LogP contribution in [-0.4, -0.2) is 49.7 Å². The lowest BCUT2D eigenvalue weighted by atomic mass is 9.98. The van der Waals surface area contributed by atoms with Crippen molar-refractivity contribution in [3.8, 4) is 21.8 Å². The first-order valence-corrected chi connectivity index (χ1v) is 13.1. The Hall–Kier alpha value is -2.18. The van der Waals surface area contributed by atoms with Gasteiger partial charge in [-0.15, -0.1) is 0 Å². The number of nitrogens with two attached hydrogens (primary N) is 1. The molecule has 4 rings (SSSR count). The molecule has 1 saturated heterocycles. The average Bonchev–Trinajstić information content (AvgIpc) is 3.20. The highest BCUT2D eigenvalue weighted by atomic mass is 35.5. The Morgan fingerprint density at radius 2 is 1.94 bits per heavy atom. The van der Waals surface area contributed by atoms with Crippen molar-refractivity contribution in [2.45, 2.75) is 19.1 Å². The van der Waals surface area contributed by atoms with Gasteiger partial charge < -0.3 is 9.64 Å². The molecule has 1 fully saturated rings. The van der Waals surface area contributed by atoms with Crippen LogP contribution in [-0.2, 0) is 14.8 Å². The summed E-state index contributed by atoms with van der Waals surface area (Å²) in [5.41, 5.74) is 1.03. The van der Waals surface area contributed by atoms with Crippen molar-refractivity contribution < 1.29 is 17.5 Å². The molecular weight excluding hydrogens is 489 g/mol. The molecule has 1 aromatic carbocycles. The lowest BCUT2D eigenvalue weighted by Gasteiger charge is -2.26. The average molecular weight is 512 g/mol. The first-order chi connectivity index (χ1) is 15.7. The minimum absolute atomic E-state index is 0.0117. The lowest BCUT2D eigenvalue weighted by molar-refractivity contribution is 0.122. The van der Waals surface area contributed by atoms with Gasteiger partial charge in [0.05, 0.1) is 29.5 Å². The van der Waals surface area contributed by atoms with Gasteiger partial charge in [0.2, 0.25) is 15.3 Å². The maximum absolute atomic E-state index is 15.9. The fourth-order valence-corrected chi connectivity index (χ4v) is 6.43. The molecule has 1 aliphatic rings. The van der Waals surface area contributed by atoms with Crippen molar-refractivity contribution in [2.24, 2.45) is 11.1 Å². The quantitative estimate of drug-likeness (QED) is 0.500. The summed E-state index contributed by atoms with van der Waals surface area (Å²) in [4.78, 5) is 15.6. The fourth-order valence-electron chi connectivity index (χ4n) is 3.88. The number of halogens is 2. The molecule has 8 nitrogen and oxygen atoms in total. The molecule has 2 aromatic heterocycles. The number of morpholine rings is 1. The molecule has 33 heavy (non-hydrogen) atoms. The van der Waals surface area contributed by atoms with Gasteiger partial charge in [-0.3, -0.25) is 0 Å². The number of ether oxygens (including phenoxy) is 1. The van der Waals surface area contributed by atoms with Crippen LogP contribution in [0.25, 0.3) is 21.8 Å². The van der Waals surface area contributed by atoms with Crippen LogP contribution in [0.5, 0.6) is 0 Å². The van der Waals surface area contributed by atoms with E-state index >= 15 is 4.39 Å². The van der Waals surface area contributed by atoms with E-state index in [2.05, 4.69) is 14.9 Å². The summed E-state index contributed by atoms with van der Waals surface area (Å²) >= 11 is 7.37. The monoisotopic (exact) mass is 511 g/mol. The summed E-state index contributed by atoms with van der Waals surface area (Å²) in [6.45, 7) is 5.82. The zero-order valence-corrected chi connectivity index (χ0v) is 20.4. The molecule has 1 aliphatic heterocycles. The van der Waals surface area contributed by atoms with E-state index in [1.165, 1.54) is 23.6 Å². The van der Waals surface area contributed by atoms with Gasteiger partial charge in [-0.2, -0.15) is 0 Å². The van der Waals surface area contributed by atoms with Gasteiger partial charge in [0.15, 0.2) is 5.13 Å². The second-order valence-corrected chi connectivity index (χ2v) is 10.9. The van der Waals surface area contributed by atoms with E-state index in [4.69, 9.17) is 26.5 Å². The van der Waals surface area contributed by atoms with Crippen molar-refractivity contribution >= 4 is 38.1 Å². The van der Waals surface area contributed by atoms with Gasteiger partial charge in [-0.1, -0.05) is 37.3 Å². The molecule has 176 valence electrons. The standard InChI is InChI=1S/C21H23ClFN5O3S2/c1-12(2)19(33(24,29)30)14-5-3-4-13(16(14)23)17-18(15-6-7-25-20(22)26-15)32-21(27-17)28-8-10-31-11-9-28/h3-7,12,19H,8-11H2,1-2H3,(H2,24,29,30). The summed E-state index contributed by atoms with van der Waals surface area (Å²) in [6, 6.07) is 6.31. The number of hydrogen-bond acceptors (Lipinski definition) is 8. The van der Waals surface area contributed by atoms with E-state index in [-0.39, 0.29) is 16.4 Å². The highest BCUT2D eigenvalue weighted by molar-refractivity contribution is 7.89. The van der Waals surface area contributed by atoms with Crippen molar-refractivity contribution in [1.82, 2.24) is 15.0 Å². The summed E-state index contributed by atoms with van der Waals surface area (Å²) < 4.78 is 45.8. The van der Waals surface area contributed by atoms with Gasteiger partial charge in [0.1, 0.15) is 11.1 Å². The van der Waals surface area contributed by atoms with Crippen LogP contribution in [0.4, 0.5) is 9.52 Å². The first kappa shape index (κ1) is 24.0. The SMILES string of the molecule is CC(C)C(c1cccc(-c2nc(N3CCOCC3)sc2-c2ccnc(Cl)n2)c1F)S(N)(=O)=O. The van der Waals surface area contributed by atoms with Crippen LogP contribution in [0, 0.1) is 11.7 Å². The topological polar surface area (TPSA) is 111 Å². The molecular formula is C21H23ClFN5O3S2. The number of rotatable bonds is 6. The van der Waals surface area contributed by atoms with E-state index in [1.807, 2.05) is 0 Å². The Labute approximate surface area is 200 Å². The highest BCUT2D eigenvalue weighted by Crippen LogP contribution is 2.42. The predicted molar refractivity (Wildman–Crippen MR) is 127 cm³/mol. The van der Waals surface area contributed by atoms with E-state index in [1.54, 1.807) is 32.0 Å². The molecule has 1 unspecified atom stereocenters. The zero-order chi connectivity index (χ0) is 23.8. The van der Waals surface area contributed by atoms with E-state index in [9.17, 15) is 8.42 Å². The van der Waals surface area contributed by atoms with Crippen LogP contribution in [0.3, 0.4) is 0 Å². The molecule has 12 heteroatoms. The molecule has 0 amide bonds. The predicted octanol–water partition coefficient (Wildman–Crippen LogP) is 3.88. The molecule has 3 heterocycles. The molecule has 1 atom stereocenters.